The van der Waals surface area contributed by atoms with Crippen molar-refractivity contribution in [2.75, 3.05) is 36.2 Å². The highest BCUT2D eigenvalue weighted by Crippen LogP contribution is 2.25. The molecular formula is C14H19ClN6. The Labute approximate surface area is 129 Å². The zero-order chi connectivity index (χ0) is 15.4. The van der Waals surface area contributed by atoms with Gasteiger partial charge in [-0.15, -0.1) is 0 Å². The summed E-state index contributed by atoms with van der Waals surface area (Å²) in [6.07, 6.45) is 0. The summed E-state index contributed by atoms with van der Waals surface area (Å²) >= 11 is 6.22. The van der Waals surface area contributed by atoms with E-state index in [0.29, 0.717) is 22.9 Å². The monoisotopic (exact) mass is 306 g/mol. The number of rotatable bonds is 5. The summed E-state index contributed by atoms with van der Waals surface area (Å²) in [6.45, 7) is 4.72. The van der Waals surface area contributed by atoms with Gasteiger partial charge in [0.15, 0.2) is 0 Å². The predicted octanol–water partition coefficient (Wildman–Crippen LogP) is 3.07. The molecule has 0 saturated heterocycles. The summed E-state index contributed by atoms with van der Waals surface area (Å²) in [5.74, 6) is 1.56. The van der Waals surface area contributed by atoms with Crippen molar-refractivity contribution in [1.82, 2.24) is 15.0 Å². The minimum absolute atomic E-state index is 0.454. The third-order valence-corrected chi connectivity index (χ3v) is 3.04. The van der Waals surface area contributed by atoms with Gasteiger partial charge in [0.2, 0.25) is 17.8 Å². The lowest BCUT2D eigenvalue weighted by atomic mass is 10.2. The summed E-state index contributed by atoms with van der Waals surface area (Å²) in [7, 11) is 3.77. The summed E-state index contributed by atoms with van der Waals surface area (Å²) in [5, 5.41) is 6.85. The number of hydrogen-bond donors (Lipinski definition) is 2. The lowest BCUT2D eigenvalue weighted by molar-refractivity contribution is 0.953. The summed E-state index contributed by atoms with van der Waals surface area (Å²) in [6, 6.07) is 5.78. The molecule has 0 aliphatic carbocycles. The van der Waals surface area contributed by atoms with Gasteiger partial charge in [-0.3, -0.25) is 0 Å². The average Bonchev–Trinajstić information content (AvgIpc) is 2.42. The molecule has 0 saturated carbocycles. The van der Waals surface area contributed by atoms with E-state index in [2.05, 4.69) is 25.6 Å². The largest absolute Gasteiger partial charge is 0.354 e. The molecule has 6 nitrogen and oxygen atoms in total. The minimum atomic E-state index is 0.454. The van der Waals surface area contributed by atoms with E-state index in [9.17, 15) is 0 Å². The van der Waals surface area contributed by atoms with Gasteiger partial charge in [0.1, 0.15) is 0 Å². The van der Waals surface area contributed by atoms with E-state index in [1.165, 1.54) is 0 Å². The molecule has 0 fully saturated rings. The molecule has 0 aliphatic rings. The zero-order valence-electron chi connectivity index (χ0n) is 12.6. The van der Waals surface area contributed by atoms with Crippen molar-refractivity contribution in [2.45, 2.75) is 13.8 Å². The zero-order valence-corrected chi connectivity index (χ0v) is 13.4. The van der Waals surface area contributed by atoms with Crippen molar-refractivity contribution < 1.29 is 0 Å². The van der Waals surface area contributed by atoms with Crippen LogP contribution in [0, 0.1) is 6.92 Å². The average molecular weight is 307 g/mol. The first-order chi connectivity index (χ1) is 9.99. The highest BCUT2D eigenvalue weighted by atomic mass is 35.5. The molecule has 0 unspecified atom stereocenters. The van der Waals surface area contributed by atoms with Crippen molar-refractivity contribution in [1.29, 1.82) is 0 Å². The summed E-state index contributed by atoms with van der Waals surface area (Å²) < 4.78 is 0. The van der Waals surface area contributed by atoms with Crippen molar-refractivity contribution in [3.63, 3.8) is 0 Å². The van der Waals surface area contributed by atoms with Crippen molar-refractivity contribution >= 4 is 35.1 Å². The van der Waals surface area contributed by atoms with Crippen LogP contribution in [-0.4, -0.2) is 35.6 Å². The fourth-order valence-electron chi connectivity index (χ4n) is 1.70. The van der Waals surface area contributed by atoms with Crippen LogP contribution in [0.3, 0.4) is 0 Å². The van der Waals surface area contributed by atoms with E-state index < -0.39 is 0 Å². The van der Waals surface area contributed by atoms with Gasteiger partial charge in [-0.1, -0.05) is 17.7 Å². The first kappa shape index (κ1) is 15.3. The SMILES string of the molecule is CCNc1nc(Nc2ccc(C)cc2Cl)nc(N(C)C)n1. The number of nitrogens with zero attached hydrogens (tertiary/aromatic N) is 4. The van der Waals surface area contributed by atoms with Crippen LogP contribution in [0.1, 0.15) is 12.5 Å². The number of aryl methyl sites for hydroxylation is 1. The second kappa shape index (κ2) is 6.58. The second-order valence-corrected chi connectivity index (χ2v) is 5.22. The molecule has 0 aliphatic heterocycles. The van der Waals surface area contributed by atoms with E-state index in [1.54, 1.807) is 0 Å². The van der Waals surface area contributed by atoms with Gasteiger partial charge in [-0.05, 0) is 31.5 Å². The molecular weight excluding hydrogens is 288 g/mol. The van der Waals surface area contributed by atoms with Crippen molar-refractivity contribution in [3.8, 4) is 0 Å². The number of halogens is 1. The minimum Gasteiger partial charge on any atom is -0.354 e. The maximum Gasteiger partial charge on any atom is 0.233 e. The fourth-order valence-corrected chi connectivity index (χ4v) is 1.98. The Kier molecular flexibility index (Phi) is 4.80. The molecule has 21 heavy (non-hydrogen) atoms. The van der Waals surface area contributed by atoms with Crippen molar-refractivity contribution in [2.24, 2.45) is 0 Å². The highest BCUT2D eigenvalue weighted by molar-refractivity contribution is 6.33. The van der Waals surface area contributed by atoms with Crippen molar-refractivity contribution in [3.05, 3.63) is 28.8 Å². The molecule has 0 spiro atoms. The second-order valence-electron chi connectivity index (χ2n) is 4.82. The maximum atomic E-state index is 6.22. The fraction of sp³-hybridized carbons (Fsp3) is 0.357. The van der Waals surface area contributed by atoms with Crippen LogP contribution in [-0.2, 0) is 0 Å². The topological polar surface area (TPSA) is 66.0 Å². The van der Waals surface area contributed by atoms with Gasteiger partial charge in [-0.25, -0.2) is 0 Å². The Morgan fingerprint density at radius 1 is 1.14 bits per heavy atom. The molecule has 0 radical (unpaired) electrons. The molecule has 0 atom stereocenters. The third-order valence-electron chi connectivity index (χ3n) is 2.73. The smallest absolute Gasteiger partial charge is 0.233 e. The number of benzene rings is 1. The van der Waals surface area contributed by atoms with Crippen LogP contribution in [0.2, 0.25) is 5.02 Å². The highest BCUT2D eigenvalue weighted by Gasteiger charge is 2.09. The normalized spacial score (nSPS) is 10.3. The first-order valence-corrected chi connectivity index (χ1v) is 7.08. The third kappa shape index (κ3) is 3.95. The molecule has 112 valence electrons. The Balaban J connectivity index is 2.33. The Bertz CT molecular complexity index is 629. The Morgan fingerprint density at radius 3 is 2.48 bits per heavy atom. The predicted molar refractivity (Wildman–Crippen MR) is 87.8 cm³/mol. The first-order valence-electron chi connectivity index (χ1n) is 6.70. The van der Waals surface area contributed by atoms with Crippen LogP contribution in [0.5, 0.6) is 0 Å². The van der Waals surface area contributed by atoms with Crippen LogP contribution < -0.4 is 15.5 Å². The molecule has 1 aromatic heterocycles. The molecule has 1 aromatic carbocycles. The Morgan fingerprint density at radius 2 is 1.86 bits per heavy atom. The van der Waals surface area contributed by atoms with E-state index >= 15 is 0 Å². The maximum absolute atomic E-state index is 6.22. The number of hydrogen-bond acceptors (Lipinski definition) is 6. The van der Waals surface area contributed by atoms with E-state index in [1.807, 2.05) is 51.0 Å². The number of nitrogens with one attached hydrogen (secondary N) is 2. The van der Waals surface area contributed by atoms with Crippen LogP contribution in [0.15, 0.2) is 18.2 Å². The number of aromatic nitrogens is 3. The molecule has 0 bridgehead atoms. The van der Waals surface area contributed by atoms with E-state index in [0.717, 1.165) is 17.8 Å². The number of anilines is 4. The van der Waals surface area contributed by atoms with Gasteiger partial charge in [0, 0.05) is 20.6 Å². The molecule has 2 N–H and O–H groups in total. The molecule has 7 heteroatoms. The van der Waals surface area contributed by atoms with Gasteiger partial charge in [0.05, 0.1) is 10.7 Å². The Hall–Kier alpha value is -2.08. The van der Waals surface area contributed by atoms with Gasteiger partial charge < -0.3 is 15.5 Å². The molecule has 2 rings (SSSR count). The van der Waals surface area contributed by atoms with Gasteiger partial charge >= 0.3 is 0 Å². The lowest BCUT2D eigenvalue weighted by Crippen LogP contribution is -2.16. The lowest BCUT2D eigenvalue weighted by Gasteiger charge is -2.14. The molecule has 0 amide bonds. The van der Waals surface area contributed by atoms with Crippen LogP contribution >= 0.6 is 11.6 Å². The quantitative estimate of drug-likeness (QED) is 0.885. The van der Waals surface area contributed by atoms with E-state index in [-0.39, 0.29) is 0 Å². The standard InChI is InChI=1S/C14H19ClN6/c1-5-16-12-18-13(20-14(19-12)21(3)4)17-11-7-6-9(2)8-10(11)15/h6-8H,5H2,1-4H3,(H2,16,17,18,19,20). The van der Waals surface area contributed by atoms with Gasteiger partial charge in [-0.2, -0.15) is 15.0 Å². The molecule has 2 aromatic rings. The summed E-state index contributed by atoms with van der Waals surface area (Å²) in [4.78, 5) is 14.8. The van der Waals surface area contributed by atoms with Gasteiger partial charge in [0.25, 0.3) is 0 Å². The molecule has 1 heterocycles. The van der Waals surface area contributed by atoms with Crippen LogP contribution in [0.4, 0.5) is 23.5 Å². The van der Waals surface area contributed by atoms with E-state index in [4.69, 9.17) is 11.6 Å². The summed E-state index contributed by atoms with van der Waals surface area (Å²) in [5.41, 5.74) is 1.86. The van der Waals surface area contributed by atoms with Crippen LogP contribution in [0.25, 0.3) is 0 Å².